The summed E-state index contributed by atoms with van der Waals surface area (Å²) in [6, 6.07) is 15.4. The summed E-state index contributed by atoms with van der Waals surface area (Å²) < 4.78 is 0. The Morgan fingerprint density at radius 3 is 2.27 bits per heavy atom. The van der Waals surface area contributed by atoms with E-state index in [2.05, 4.69) is 56.7 Å². The number of hydrogen-bond donors (Lipinski definition) is 0. The summed E-state index contributed by atoms with van der Waals surface area (Å²) in [6.45, 7) is 10.4. The van der Waals surface area contributed by atoms with E-state index < -0.39 is 11.6 Å². The number of likely N-dealkylation sites (N-methyl/N-ethyl adjacent to an activating group) is 2. The molecule has 0 spiro atoms. The van der Waals surface area contributed by atoms with Gasteiger partial charge in [0, 0.05) is 41.4 Å². The molecule has 7 nitrogen and oxygen atoms in total. The fourth-order valence-corrected chi connectivity index (χ4v) is 9.26. The molecular formula is C35H43Cl2N5O2S. The molecule has 0 aliphatic carbocycles. The first-order valence-corrected chi connectivity index (χ1v) is 17.6. The van der Waals surface area contributed by atoms with E-state index in [-0.39, 0.29) is 35.9 Å². The van der Waals surface area contributed by atoms with Gasteiger partial charge in [0.2, 0.25) is 5.91 Å². The third-order valence-electron chi connectivity index (χ3n) is 10.1. The van der Waals surface area contributed by atoms with Crippen LogP contribution in [0.1, 0.15) is 70.5 Å². The van der Waals surface area contributed by atoms with E-state index in [0.717, 1.165) is 54.3 Å². The van der Waals surface area contributed by atoms with Gasteiger partial charge < -0.3 is 19.6 Å². The van der Waals surface area contributed by atoms with Crippen LogP contribution in [0.25, 0.3) is 0 Å². The van der Waals surface area contributed by atoms with Gasteiger partial charge in [-0.3, -0.25) is 9.59 Å². The first-order valence-electron chi connectivity index (χ1n) is 16.0. The second-order valence-electron chi connectivity index (χ2n) is 13.4. The third-order valence-corrected chi connectivity index (χ3v) is 11.7. The third kappa shape index (κ3) is 5.70. The molecule has 0 saturated carbocycles. The molecule has 4 aliphatic rings. The highest BCUT2D eigenvalue weighted by molar-refractivity contribution is 8.18. The minimum atomic E-state index is -0.634. The van der Waals surface area contributed by atoms with Gasteiger partial charge in [0.15, 0.2) is 5.17 Å². The van der Waals surface area contributed by atoms with Crippen LogP contribution in [0.2, 0.25) is 10.0 Å². The van der Waals surface area contributed by atoms with Crippen molar-refractivity contribution in [3.63, 3.8) is 0 Å². The van der Waals surface area contributed by atoms with Crippen LogP contribution in [0.4, 0.5) is 0 Å². The maximum Gasteiger partial charge on any atom is 0.263 e. The Bertz CT molecular complexity index is 1530. The van der Waals surface area contributed by atoms with Gasteiger partial charge in [0.05, 0.1) is 6.04 Å². The summed E-state index contributed by atoms with van der Waals surface area (Å²) >= 11 is 14.1. The van der Waals surface area contributed by atoms with Gasteiger partial charge in [-0.25, -0.2) is 4.99 Å². The van der Waals surface area contributed by atoms with Crippen molar-refractivity contribution in [1.82, 2.24) is 19.6 Å². The summed E-state index contributed by atoms with van der Waals surface area (Å²) in [6.07, 6.45) is 3.30. The lowest BCUT2D eigenvalue weighted by molar-refractivity contribution is -0.143. The molecule has 5 atom stereocenters. The number of allylic oxidation sites excluding steroid dienone is 1. The van der Waals surface area contributed by atoms with Crippen LogP contribution in [0, 0.1) is 5.92 Å². The smallest absolute Gasteiger partial charge is 0.263 e. The minimum absolute atomic E-state index is 0.0244. The van der Waals surface area contributed by atoms with Gasteiger partial charge in [-0.1, -0.05) is 68.2 Å². The van der Waals surface area contributed by atoms with Gasteiger partial charge in [-0.2, -0.15) is 0 Å². The Morgan fingerprint density at radius 1 is 1.04 bits per heavy atom. The topological polar surface area (TPSA) is 59.5 Å². The molecule has 0 N–H and O–H groups in total. The Hall–Kier alpha value is -2.52. The summed E-state index contributed by atoms with van der Waals surface area (Å²) in [5.74, 6) is 0.0463. The summed E-state index contributed by atoms with van der Waals surface area (Å²) in [7, 11) is 4.01. The summed E-state index contributed by atoms with van der Waals surface area (Å²) in [5.41, 5.74) is 2.43. The second kappa shape index (κ2) is 12.6. The number of carbonyl (C=O) groups is 2. The highest BCUT2D eigenvalue weighted by atomic mass is 35.5. The Labute approximate surface area is 281 Å². The average Bonchev–Trinajstić information content (AvgIpc) is 3.78. The molecule has 2 aromatic carbocycles. The van der Waals surface area contributed by atoms with Gasteiger partial charge in [-0.05, 0) is 99.3 Å². The van der Waals surface area contributed by atoms with Gasteiger partial charge >= 0.3 is 0 Å². The van der Waals surface area contributed by atoms with Gasteiger partial charge in [0.1, 0.15) is 16.5 Å². The molecule has 10 heteroatoms. The number of likely N-dealkylation sites (tertiary alicyclic amines) is 2. The highest BCUT2D eigenvalue weighted by Crippen LogP contribution is 2.56. The lowest BCUT2D eigenvalue weighted by Crippen LogP contribution is -2.52. The first-order chi connectivity index (χ1) is 21.4. The van der Waals surface area contributed by atoms with Crippen molar-refractivity contribution in [3.05, 3.63) is 80.3 Å². The number of thioether (sulfide) groups is 1. The molecule has 0 aromatic heterocycles. The predicted molar refractivity (Wildman–Crippen MR) is 184 cm³/mol. The zero-order chi connectivity index (χ0) is 32.2. The zero-order valence-electron chi connectivity index (χ0n) is 27.0. The van der Waals surface area contributed by atoms with Crippen molar-refractivity contribution in [3.8, 4) is 0 Å². The van der Waals surface area contributed by atoms with E-state index in [4.69, 9.17) is 28.2 Å². The molecule has 2 saturated heterocycles. The molecule has 4 heterocycles. The van der Waals surface area contributed by atoms with E-state index >= 15 is 0 Å². The van der Waals surface area contributed by atoms with Crippen molar-refractivity contribution < 1.29 is 9.59 Å². The number of hydrogen-bond acceptors (Lipinski definition) is 6. The first kappa shape index (κ1) is 32.4. The van der Waals surface area contributed by atoms with Gasteiger partial charge in [-0.15, -0.1) is 0 Å². The van der Waals surface area contributed by atoms with Crippen molar-refractivity contribution >= 4 is 51.9 Å². The maximum absolute atomic E-state index is 14.8. The molecule has 0 bridgehead atoms. The lowest BCUT2D eigenvalue weighted by Gasteiger charge is -2.37. The normalized spacial score (nSPS) is 28.3. The van der Waals surface area contributed by atoms with Crippen LogP contribution in [0.3, 0.4) is 0 Å². The molecule has 2 amide bonds. The van der Waals surface area contributed by atoms with E-state index in [1.54, 1.807) is 0 Å². The van der Waals surface area contributed by atoms with Crippen molar-refractivity contribution in [1.29, 1.82) is 0 Å². The average molecular weight is 669 g/mol. The van der Waals surface area contributed by atoms with Gasteiger partial charge in [0.25, 0.3) is 5.91 Å². The maximum atomic E-state index is 14.8. The van der Waals surface area contributed by atoms with E-state index in [1.165, 1.54) is 11.8 Å². The molecule has 0 unspecified atom stereocenters. The van der Waals surface area contributed by atoms with Crippen LogP contribution in [-0.4, -0.2) is 81.9 Å². The molecule has 2 fully saturated rings. The molecule has 0 radical (unpaired) electrons. The number of fused-ring (bicyclic) bond motifs is 1. The van der Waals surface area contributed by atoms with E-state index in [1.807, 2.05) is 53.2 Å². The number of benzene rings is 2. The Balaban J connectivity index is 1.39. The monoisotopic (exact) mass is 667 g/mol. The molecule has 45 heavy (non-hydrogen) atoms. The number of aliphatic imine (C=N–C) groups is 1. The SMILES string of the molecule is CC[C@@H]1CC[C@H](C(=O)N(C)[C@H]2CCN(C)C2)N1C(=O)C1=C(C(C)C)N2C(=N[C@@](C)(c3ccc(Cl)cc3)[C@H]2c2ccc(Cl)cc2)S1. The standard InChI is InChI=1S/C35H43Cl2N5O2S/c1-7-26-16-17-28(32(43)40(6)27-18-19-39(5)20-27)41(26)33(44)30-29(21(2)3)42-31(22-8-12-24(36)13-9-22)35(4,38-34(42)45-30)23-10-14-25(37)15-11-23/h8-15,21,26-28,31H,7,16-20H2,1-6H3/t26-,27+,28-,31-,35+/m1/s1. The van der Waals surface area contributed by atoms with Crippen LogP contribution in [0.15, 0.2) is 64.1 Å². The fourth-order valence-electron chi connectivity index (χ4n) is 7.66. The van der Waals surface area contributed by atoms with Crippen LogP contribution >= 0.6 is 35.0 Å². The second-order valence-corrected chi connectivity index (χ2v) is 15.2. The molecule has 4 aliphatic heterocycles. The Kier molecular flexibility index (Phi) is 9.07. The number of amidine groups is 1. The summed E-state index contributed by atoms with van der Waals surface area (Å²) in [4.78, 5) is 43.2. The fraction of sp³-hybridized carbons (Fsp3) is 0.514. The largest absolute Gasteiger partial charge is 0.340 e. The number of amides is 2. The molecule has 2 aromatic rings. The van der Waals surface area contributed by atoms with Crippen LogP contribution in [0.5, 0.6) is 0 Å². The molecule has 240 valence electrons. The van der Waals surface area contributed by atoms with Crippen molar-refractivity contribution in [2.75, 3.05) is 27.2 Å². The number of rotatable bonds is 7. The predicted octanol–water partition coefficient (Wildman–Crippen LogP) is 7.17. The number of nitrogens with zero attached hydrogens (tertiary/aromatic N) is 5. The van der Waals surface area contributed by atoms with Crippen molar-refractivity contribution in [2.45, 2.75) is 83.1 Å². The van der Waals surface area contributed by atoms with E-state index in [0.29, 0.717) is 21.4 Å². The van der Waals surface area contributed by atoms with E-state index in [9.17, 15) is 9.59 Å². The highest BCUT2D eigenvalue weighted by Gasteiger charge is 2.54. The van der Waals surface area contributed by atoms with Crippen molar-refractivity contribution in [2.24, 2.45) is 10.9 Å². The summed E-state index contributed by atoms with van der Waals surface area (Å²) in [5, 5.41) is 2.15. The zero-order valence-corrected chi connectivity index (χ0v) is 29.3. The minimum Gasteiger partial charge on any atom is -0.340 e. The van der Waals surface area contributed by atoms with Crippen LogP contribution in [-0.2, 0) is 15.1 Å². The molecule has 6 rings (SSSR count). The Morgan fingerprint density at radius 2 is 1.69 bits per heavy atom. The number of carbonyl (C=O) groups excluding carboxylic acids is 2. The number of halogens is 2. The quantitative estimate of drug-likeness (QED) is 0.313. The lowest BCUT2D eigenvalue weighted by atomic mass is 9.81. The molecular weight excluding hydrogens is 625 g/mol. The van der Waals surface area contributed by atoms with Crippen LogP contribution < -0.4 is 0 Å².